The van der Waals surface area contributed by atoms with Crippen LogP contribution in [0.15, 0.2) is 29.5 Å². The van der Waals surface area contributed by atoms with Crippen molar-refractivity contribution in [3.05, 3.63) is 30.1 Å². The summed E-state index contributed by atoms with van der Waals surface area (Å²) in [4.78, 5) is 8.25. The van der Waals surface area contributed by atoms with Crippen molar-refractivity contribution in [2.75, 3.05) is 6.73 Å². The quantitative estimate of drug-likeness (QED) is 0.912. The van der Waals surface area contributed by atoms with Gasteiger partial charge in [0.25, 0.3) is 0 Å². The molecule has 4 rings (SSSR count). The summed E-state index contributed by atoms with van der Waals surface area (Å²) >= 11 is 1.69. The molecule has 0 spiro atoms. The molecule has 4 unspecified atom stereocenters. The van der Waals surface area contributed by atoms with Crippen LogP contribution in [0.1, 0.15) is 38.2 Å². The smallest absolute Gasteiger partial charge is 0.162 e. The highest BCUT2D eigenvalue weighted by atomic mass is 32.2. The maximum absolute atomic E-state index is 5.92. The van der Waals surface area contributed by atoms with Crippen LogP contribution in [-0.2, 0) is 9.67 Å². The predicted octanol–water partition coefficient (Wildman–Crippen LogP) is 3.11. The van der Waals surface area contributed by atoms with Crippen LogP contribution in [0.2, 0.25) is 0 Å². The molecule has 3 aliphatic rings. The molecule has 0 radical (unpaired) electrons. The third kappa shape index (κ3) is 2.57. The summed E-state index contributed by atoms with van der Waals surface area (Å²) in [5.41, 5.74) is 1.14. The zero-order valence-electron chi connectivity index (χ0n) is 12.3. The van der Waals surface area contributed by atoms with E-state index in [1.165, 1.54) is 25.7 Å². The molecule has 1 aromatic heterocycles. The van der Waals surface area contributed by atoms with Crippen molar-refractivity contribution in [2.45, 2.75) is 43.6 Å². The summed E-state index contributed by atoms with van der Waals surface area (Å²) in [5, 5.41) is 4.73. The van der Waals surface area contributed by atoms with Crippen LogP contribution in [-0.4, -0.2) is 22.9 Å². The Morgan fingerprint density at radius 2 is 2.14 bits per heavy atom. The molecule has 21 heavy (non-hydrogen) atoms. The van der Waals surface area contributed by atoms with Gasteiger partial charge in [0, 0.05) is 18.4 Å². The first-order chi connectivity index (χ1) is 10.2. The van der Waals surface area contributed by atoms with Crippen molar-refractivity contribution < 1.29 is 4.74 Å². The zero-order chi connectivity index (χ0) is 14.3. The molecule has 0 saturated heterocycles. The average molecular weight is 303 g/mol. The maximum Gasteiger partial charge on any atom is 0.162 e. The van der Waals surface area contributed by atoms with E-state index in [4.69, 9.17) is 4.74 Å². The second-order valence-electron chi connectivity index (χ2n) is 6.45. The normalized spacial score (nSPS) is 38.3. The summed E-state index contributed by atoms with van der Waals surface area (Å²) in [6, 6.07) is 4.66. The number of rotatable bonds is 2. The van der Waals surface area contributed by atoms with Crippen molar-refractivity contribution in [3.63, 3.8) is 0 Å². The minimum absolute atomic E-state index is 0.370. The number of hydrogen-bond donors (Lipinski definition) is 1. The number of aliphatic imine (C=N–C) groups is 1. The van der Waals surface area contributed by atoms with E-state index in [1.807, 2.05) is 24.5 Å². The van der Waals surface area contributed by atoms with Gasteiger partial charge in [0.05, 0.1) is 0 Å². The van der Waals surface area contributed by atoms with Gasteiger partial charge in [-0.1, -0.05) is 6.42 Å². The summed E-state index contributed by atoms with van der Waals surface area (Å²) in [7, 11) is 0. The van der Waals surface area contributed by atoms with Crippen LogP contribution in [0.25, 0.3) is 0 Å². The summed E-state index contributed by atoms with van der Waals surface area (Å²) in [6.45, 7) is 2.54. The Bertz CT molecular complexity index is 550. The Labute approximate surface area is 129 Å². The number of thioether (sulfide) groups is 1. The number of aromatic nitrogens is 1. The number of hydrogen-bond acceptors (Lipinski definition) is 5. The molecule has 1 N–H and O–H groups in total. The van der Waals surface area contributed by atoms with E-state index >= 15 is 0 Å². The van der Waals surface area contributed by atoms with Gasteiger partial charge in [-0.05, 0) is 67.5 Å². The first kappa shape index (κ1) is 13.6. The molecular weight excluding hydrogens is 282 g/mol. The molecule has 2 saturated carbocycles. The van der Waals surface area contributed by atoms with E-state index in [-0.39, 0.29) is 4.93 Å². The number of nitrogens with zero attached hydrogens (tertiary/aromatic N) is 2. The molecule has 1 aromatic rings. The Morgan fingerprint density at radius 1 is 1.29 bits per heavy atom. The van der Waals surface area contributed by atoms with Crippen LogP contribution in [0.5, 0.6) is 0 Å². The summed E-state index contributed by atoms with van der Waals surface area (Å²) < 4.78 is 5.92. The highest BCUT2D eigenvalue weighted by Crippen LogP contribution is 2.46. The van der Waals surface area contributed by atoms with Gasteiger partial charge in [-0.15, -0.1) is 0 Å². The SMILES string of the molecule is CC1(c2ccncc2)OCN=C(NC2CC3CCC2C3)S1. The third-order valence-corrected chi connectivity index (χ3v) is 6.27. The first-order valence-corrected chi connectivity index (χ1v) is 8.59. The molecule has 5 heteroatoms. The molecule has 0 aromatic carbocycles. The van der Waals surface area contributed by atoms with E-state index in [9.17, 15) is 0 Å². The van der Waals surface area contributed by atoms with Gasteiger partial charge in [-0.3, -0.25) is 4.98 Å². The molecule has 1 aliphatic heterocycles. The van der Waals surface area contributed by atoms with Crippen molar-refractivity contribution in [1.29, 1.82) is 0 Å². The van der Waals surface area contributed by atoms with E-state index in [1.54, 1.807) is 11.8 Å². The third-order valence-electron chi connectivity index (χ3n) is 5.09. The number of pyridine rings is 1. The van der Waals surface area contributed by atoms with Gasteiger partial charge in [0.15, 0.2) is 5.17 Å². The Balaban J connectivity index is 1.47. The fourth-order valence-corrected chi connectivity index (χ4v) is 4.97. The van der Waals surface area contributed by atoms with E-state index in [0.29, 0.717) is 12.8 Å². The second-order valence-corrected chi connectivity index (χ2v) is 7.82. The number of fused-ring (bicyclic) bond motifs is 2. The highest BCUT2D eigenvalue weighted by Gasteiger charge is 2.41. The molecular formula is C16H21N3OS. The Morgan fingerprint density at radius 3 is 2.86 bits per heavy atom. The fourth-order valence-electron chi connectivity index (χ4n) is 3.91. The van der Waals surface area contributed by atoms with Gasteiger partial charge in [-0.2, -0.15) is 0 Å². The Hall–Kier alpha value is -1.07. The van der Waals surface area contributed by atoms with Crippen molar-refractivity contribution in [2.24, 2.45) is 16.8 Å². The van der Waals surface area contributed by atoms with Crippen LogP contribution in [0.3, 0.4) is 0 Å². The van der Waals surface area contributed by atoms with Gasteiger partial charge >= 0.3 is 0 Å². The van der Waals surface area contributed by atoms with Crippen molar-refractivity contribution >= 4 is 16.9 Å². The lowest BCUT2D eigenvalue weighted by molar-refractivity contribution is 0.0400. The largest absolute Gasteiger partial charge is 0.362 e. The van der Waals surface area contributed by atoms with E-state index in [0.717, 1.165) is 22.6 Å². The molecule has 0 amide bonds. The van der Waals surface area contributed by atoms with Crippen LogP contribution < -0.4 is 5.32 Å². The monoisotopic (exact) mass is 303 g/mol. The molecule has 2 aliphatic carbocycles. The standard InChI is InChI=1S/C16H21N3OS/c1-16(13-4-6-17-7-5-13)20-10-18-15(21-16)19-14-9-11-2-3-12(14)8-11/h4-7,11-12,14H,2-3,8-10H2,1H3,(H,18,19). The van der Waals surface area contributed by atoms with Crippen LogP contribution in [0.4, 0.5) is 0 Å². The lowest BCUT2D eigenvalue weighted by Crippen LogP contribution is -2.41. The minimum atomic E-state index is -0.370. The molecule has 112 valence electrons. The van der Waals surface area contributed by atoms with E-state index in [2.05, 4.69) is 22.2 Å². The topological polar surface area (TPSA) is 46.5 Å². The molecule has 4 nitrogen and oxygen atoms in total. The number of nitrogens with one attached hydrogen (secondary N) is 1. The predicted molar refractivity (Wildman–Crippen MR) is 84.9 cm³/mol. The summed E-state index contributed by atoms with van der Waals surface area (Å²) in [5.74, 6) is 1.80. The zero-order valence-corrected chi connectivity index (χ0v) is 13.1. The Kier molecular flexibility index (Phi) is 3.42. The molecule has 4 atom stereocenters. The fraction of sp³-hybridized carbons (Fsp3) is 0.625. The summed E-state index contributed by atoms with van der Waals surface area (Å²) in [6.07, 6.45) is 9.18. The second kappa shape index (κ2) is 5.29. The van der Waals surface area contributed by atoms with Gasteiger partial charge in [0.2, 0.25) is 0 Å². The molecule has 2 fully saturated rings. The van der Waals surface area contributed by atoms with Gasteiger partial charge < -0.3 is 10.1 Å². The maximum atomic E-state index is 5.92. The molecule has 2 bridgehead atoms. The minimum Gasteiger partial charge on any atom is -0.362 e. The van der Waals surface area contributed by atoms with Gasteiger partial charge in [-0.25, -0.2) is 4.99 Å². The van der Waals surface area contributed by atoms with Crippen LogP contribution in [0, 0.1) is 11.8 Å². The van der Waals surface area contributed by atoms with Crippen molar-refractivity contribution in [3.8, 4) is 0 Å². The highest BCUT2D eigenvalue weighted by molar-refractivity contribution is 8.14. The van der Waals surface area contributed by atoms with Crippen LogP contribution >= 0.6 is 11.8 Å². The van der Waals surface area contributed by atoms with Crippen molar-refractivity contribution in [1.82, 2.24) is 10.3 Å². The lowest BCUT2D eigenvalue weighted by Gasteiger charge is -2.34. The lowest BCUT2D eigenvalue weighted by atomic mass is 9.96. The van der Waals surface area contributed by atoms with E-state index < -0.39 is 0 Å². The average Bonchev–Trinajstić information content (AvgIpc) is 3.11. The number of ether oxygens (including phenoxy) is 1. The molecule has 2 heterocycles. The van der Waals surface area contributed by atoms with Gasteiger partial charge in [0.1, 0.15) is 11.7 Å². The number of amidine groups is 1. The first-order valence-electron chi connectivity index (χ1n) is 7.77.